The molecule has 1 heterocycles. The van der Waals surface area contributed by atoms with Crippen LogP contribution in [0.4, 0.5) is 0 Å². The average molecular weight is 349 g/mol. The summed E-state index contributed by atoms with van der Waals surface area (Å²) in [6.45, 7) is 4.42. The summed E-state index contributed by atoms with van der Waals surface area (Å²) < 4.78 is 5.63. The molecule has 1 aliphatic heterocycles. The summed E-state index contributed by atoms with van der Waals surface area (Å²) in [5, 5.41) is 0. The average Bonchev–Trinajstić information content (AvgIpc) is 2.60. The van der Waals surface area contributed by atoms with Gasteiger partial charge in [-0.25, -0.2) is 0 Å². The highest BCUT2D eigenvalue weighted by atomic mass is 16.5. The molecule has 0 radical (unpaired) electrons. The lowest BCUT2D eigenvalue weighted by molar-refractivity contribution is -0.149. The van der Waals surface area contributed by atoms with Gasteiger partial charge in [-0.05, 0) is 19.3 Å². The van der Waals surface area contributed by atoms with Gasteiger partial charge in [0.05, 0.1) is 5.92 Å². The van der Waals surface area contributed by atoms with Crippen molar-refractivity contribution in [2.75, 3.05) is 0 Å². The van der Waals surface area contributed by atoms with Crippen LogP contribution in [0.1, 0.15) is 104 Å². The predicted molar refractivity (Wildman–Crippen MR) is 101 cm³/mol. The van der Waals surface area contributed by atoms with E-state index >= 15 is 0 Å². The Hall–Kier alpha value is -1.12. The minimum absolute atomic E-state index is 0.0662. The largest absolute Gasteiger partial charge is 0.430 e. The number of hydrogen-bond acceptors (Lipinski definition) is 3. The molecule has 0 amide bonds. The zero-order chi connectivity index (χ0) is 18.1. The Kier molecular flexibility index (Phi) is 8.71. The fourth-order valence-electron chi connectivity index (χ4n) is 4.34. The number of ether oxygens (including phenoxy) is 1. The van der Waals surface area contributed by atoms with Crippen LogP contribution < -0.4 is 0 Å². The van der Waals surface area contributed by atoms with Crippen molar-refractivity contribution in [1.29, 1.82) is 0 Å². The molecule has 0 aromatic heterocycles. The molecule has 142 valence electrons. The number of ketones is 1. The molecule has 0 N–H and O–H groups in total. The third kappa shape index (κ3) is 5.69. The van der Waals surface area contributed by atoms with Gasteiger partial charge in [-0.2, -0.15) is 0 Å². The van der Waals surface area contributed by atoms with Gasteiger partial charge < -0.3 is 4.74 Å². The molecule has 3 nitrogen and oxygen atoms in total. The minimum Gasteiger partial charge on any atom is -0.430 e. The lowest BCUT2D eigenvalue weighted by Crippen LogP contribution is -2.37. The highest BCUT2D eigenvalue weighted by molar-refractivity contribution is 5.99. The van der Waals surface area contributed by atoms with E-state index in [-0.39, 0.29) is 23.6 Å². The molecule has 2 rings (SSSR count). The Morgan fingerprint density at radius 1 is 0.800 bits per heavy atom. The molecular weight excluding hydrogens is 312 g/mol. The maximum Gasteiger partial charge on any atom is 0.314 e. The van der Waals surface area contributed by atoms with Crippen molar-refractivity contribution in [3.8, 4) is 0 Å². The molecule has 2 atom stereocenters. The first-order valence-corrected chi connectivity index (χ1v) is 10.7. The Balaban J connectivity index is 2.05. The summed E-state index contributed by atoms with van der Waals surface area (Å²) >= 11 is 0. The number of rotatable bonds is 11. The summed E-state index contributed by atoms with van der Waals surface area (Å²) in [6, 6.07) is 0. The van der Waals surface area contributed by atoms with E-state index in [0.29, 0.717) is 12.2 Å². The zero-order valence-corrected chi connectivity index (χ0v) is 16.3. The van der Waals surface area contributed by atoms with Gasteiger partial charge in [0.25, 0.3) is 0 Å². The van der Waals surface area contributed by atoms with Crippen LogP contribution in [0.25, 0.3) is 0 Å². The summed E-state index contributed by atoms with van der Waals surface area (Å²) in [4.78, 5) is 25.2. The fraction of sp³-hybridized carbons (Fsp3) is 0.818. The molecule has 0 saturated carbocycles. The van der Waals surface area contributed by atoms with Gasteiger partial charge in [-0.3, -0.25) is 9.59 Å². The number of unbranched alkanes of at least 4 members (excludes halogenated alkanes) is 7. The quantitative estimate of drug-likeness (QED) is 0.334. The maximum atomic E-state index is 12.6. The first kappa shape index (κ1) is 20.2. The van der Waals surface area contributed by atoms with Crippen molar-refractivity contribution < 1.29 is 14.3 Å². The summed E-state index contributed by atoms with van der Waals surface area (Å²) in [7, 11) is 0. The lowest BCUT2D eigenvalue weighted by atomic mass is 9.73. The van der Waals surface area contributed by atoms with Crippen LogP contribution in [0.3, 0.4) is 0 Å². The molecule has 25 heavy (non-hydrogen) atoms. The summed E-state index contributed by atoms with van der Waals surface area (Å²) in [5.74, 6) is 0.912. The van der Waals surface area contributed by atoms with Crippen LogP contribution in [0.5, 0.6) is 0 Å². The third-order valence-corrected chi connectivity index (χ3v) is 5.78. The van der Waals surface area contributed by atoms with Crippen LogP contribution >= 0.6 is 0 Å². The maximum absolute atomic E-state index is 12.6. The second-order valence-corrected chi connectivity index (χ2v) is 7.80. The number of carbonyl (C=O) groups is 2. The van der Waals surface area contributed by atoms with E-state index in [2.05, 4.69) is 13.8 Å². The normalized spacial score (nSPS) is 23.6. The van der Waals surface area contributed by atoms with E-state index in [1.165, 1.54) is 44.9 Å². The van der Waals surface area contributed by atoms with Gasteiger partial charge in [0.2, 0.25) is 0 Å². The van der Waals surface area contributed by atoms with Crippen molar-refractivity contribution in [1.82, 2.24) is 0 Å². The van der Waals surface area contributed by atoms with E-state index in [1.807, 2.05) is 0 Å². The molecule has 0 saturated heterocycles. The van der Waals surface area contributed by atoms with Crippen LogP contribution in [-0.4, -0.2) is 11.8 Å². The predicted octanol–water partition coefficient (Wildman–Crippen LogP) is 6.11. The first-order chi connectivity index (χ1) is 12.2. The second kappa shape index (κ2) is 10.8. The number of allylic oxidation sites excluding steroid dienone is 2. The Labute approximate surface area is 153 Å². The van der Waals surface area contributed by atoms with E-state index < -0.39 is 0 Å². The SMILES string of the molecule is CCCCCCC[C@H]1C2=C(CCCC2=O)OC(=O)[C@@H]1CCCCCC. The Morgan fingerprint density at radius 2 is 1.40 bits per heavy atom. The smallest absolute Gasteiger partial charge is 0.314 e. The van der Waals surface area contributed by atoms with Gasteiger partial charge in [0.15, 0.2) is 5.78 Å². The third-order valence-electron chi connectivity index (χ3n) is 5.78. The summed E-state index contributed by atoms with van der Waals surface area (Å²) in [5.41, 5.74) is 0.891. The Morgan fingerprint density at radius 3 is 2.08 bits per heavy atom. The number of hydrogen-bond donors (Lipinski definition) is 0. The van der Waals surface area contributed by atoms with Gasteiger partial charge in [-0.1, -0.05) is 71.6 Å². The molecule has 3 heteroatoms. The standard InChI is InChI=1S/C22H36O3/c1-3-5-7-9-11-13-17-18(14-10-8-6-4-2)22(24)25-20-16-12-15-19(23)21(17)20/h17-18H,3-16H2,1-2H3/t17-,18-/m1/s1. The zero-order valence-electron chi connectivity index (χ0n) is 16.3. The number of Topliss-reactive ketones (excluding diaryl/α,β-unsaturated/α-hetero) is 1. The topological polar surface area (TPSA) is 43.4 Å². The molecule has 0 fully saturated rings. The van der Waals surface area contributed by atoms with Crippen molar-refractivity contribution >= 4 is 11.8 Å². The van der Waals surface area contributed by atoms with Crippen molar-refractivity contribution in [2.24, 2.45) is 11.8 Å². The number of carbonyl (C=O) groups excluding carboxylic acids is 2. The van der Waals surface area contributed by atoms with Crippen molar-refractivity contribution in [3.05, 3.63) is 11.3 Å². The highest BCUT2D eigenvalue weighted by Crippen LogP contribution is 2.42. The molecule has 0 aromatic rings. The van der Waals surface area contributed by atoms with Crippen LogP contribution in [-0.2, 0) is 14.3 Å². The van der Waals surface area contributed by atoms with Crippen LogP contribution in [0.2, 0.25) is 0 Å². The summed E-state index contributed by atoms with van der Waals surface area (Å²) in [6.07, 6.45) is 14.8. The van der Waals surface area contributed by atoms with Gasteiger partial charge in [0, 0.05) is 24.3 Å². The van der Waals surface area contributed by atoms with Crippen molar-refractivity contribution in [3.63, 3.8) is 0 Å². The molecule has 1 aliphatic carbocycles. The first-order valence-electron chi connectivity index (χ1n) is 10.7. The highest BCUT2D eigenvalue weighted by Gasteiger charge is 2.42. The molecule has 0 unspecified atom stereocenters. The molecule has 0 aromatic carbocycles. The van der Waals surface area contributed by atoms with Gasteiger partial charge in [0.1, 0.15) is 5.76 Å². The number of esters is 1. The fourth-order valence-corrected chi connectivity index (χ4v) is 4.34. The molecule has 2 aliphatic rings. The monoisotopic (exact) mass is 348 g/mol. The van der Waals surface area contributed by atoms with E-state index in [0.717, 1.165) is 44.1 Å². The van der Waals surface area contributed by atoms with Gasteiger partial charge in [-0.15, -0.1) is 0 Å². The van der Waals surface area contributed by atoms with Crippen LogP contribution in [0.15, 0.2) is 11.3 Å². The molecule has 0 bridgehead atoms. The van der Waals surface area contributed by atoms with Crippen LogP contribution in [0, 0.1) is 11.8 Å². The molecule has 0 spiro atoms. The lowest BCUT2D eigenvalue weighted by Gasteiger charge is -2.35. The van der Waals surface area contributed by atoms with Crippen molar-refractivity contribution in [2.45, 2.75) is 104 Å². The van der Waals surface area contributed by atoms with E-state index in [4.69, 9.17) is 4.74 Å². The second-order valence-electron chi connectivity index (χ2n) is 7.80. The van der Waals surface area contributed by atoms with Gasteiger partial charge >= 0.3 is 5.97 Å². The molecular formula is C22H36O3. The van der Waals surface area contributed by atoms with E-state index in [1.54, 1.807) is 0 Å². The minimum atomic E-state index is -0.0937. The van der Waals surface area contributed by atoms with E-state index in [9.17, 15) is 9.59 Å². The Bertz CT molecular complexity index is 478.